The molecule has 5 saturated heterocycles. The van der Waals surface area contributed by atoms with Crippen molar-refractivity contribution in [3.05, 3.63) is 71.7 Å². The van der Waals surface area contributed by atoms with E-state index in [1.165, 1.54) is 0 Å². The number of anilines is 2. The van der Waals surface area contributed by atoms with Gasteiger partial charge < -0.3 is 49.4 Å². The topological polar surface area (TPSA) is 152 Å². The first kappa shape index (κ1) is 46.0. The Morgan fingerprint density at radius 1 is 0.618 bits per heavy atom. The van der Waals surface area contributed by atoms with Gasteiger partial charge in [0.05, 0.1) is 76.3 Å². The second kappa shape index (κ2) is 20.5. The number of carbonyl (C=O) groups is 2. The van der Waals surface area contributed by atoms with Crippen molar-refractivity contribution in [3.63, 3.8) is 0 Å². The van der Waals surface area contributed by atoms with E-state index in [-0.39, 0.29) is 35.9 Å². The van der Waals surface area contributed by atoms with Crippen LogP contribution in [0, 0.1) is 11.8 Å². The smallest absolute Gasteiger partial charge is 0.220 e. The highest BCUT2D eigenvalue weighted by Crippen LogP contribution is 2.41. The summed E-state index contributed by atoms with van der Waals surface area (Å²) in [5, 5.41) is 9.20. The Morgan fingerprint density at radius 2 is 1.09 bits per heavy atom. The van der Waals surface area contributed by atoms with Crippen LogP contribution in [0.5, 0.6) is 23.0 Å². The molecule has 17 heteroatoms. The minimum Gasteiger partial charge on any atom is -0.495 e. The number of hydrogen-bond acceptors (Lipinski definition) is 15. The summed E-state index contributed by atoms with van der Waals surface area (Å²) < 4.78 is 31.9. The van der Waals surface area contributed by atoms with E-state index in [2.05, 4.69) is 101 Å². The van der Waals surface area contributed by atoms with Crippen molar-refractivity contribution in [2.24, 2.45) is 11.8 Å². The first-order valence-corrected chi connectivity index (χ1v) is 25.5. The first-order chi connectivity index (χ1) is 33.2. The van der Waals surface area contributed by atoms with Gasteiger partial charge >= 0.3 is 0 Å². The third-order valence-electron chi connectivity index (χ3n) is 14.0. The number of nitrogens with zero attached hydrogens (tertiary/aromatic N) is 5. The zero-order valence-corrected chi connectivity index (χ0v) is 40.8. The third-order valence-corrected chi connectivity index (χ3v) is 15.8. The number of ether oxygens (including phenoxy) is 5. The zero-order chi connectivity index (χ0) is 46.7. The molecule has 0 unspecified atom stereocenters. The van der Waals surface area contributed by atoms with Crippen LogP contribution in [0.4, 0.5) is 11.4 Å². The lowest BCUT2D eigenvalue weighted by atomic mass is 10.0. The molecule has 2 amide bonds. The molecule has 358 valence electrons. The quantitative estimate of drug-likeness (QED) is 0.113. The molecule has 11 rings (SSSR count). The van der Waals surface area contributed by atoms with E-state index in [9.17, 15) is 9.59 Å². The third kappa shape index (κ3) is 9.90. The van der Waals surface area contributed by atoms with Crippen LogP contribution < -0.4 is 44.7 Å². The van der Waals surface area contributed by atoms with Gasteiger partial charge in [0, 0.05) is 90.1 Å². The van der Waals surface area contributed by atoms with Gasteiger partial charge in [-0.05, 0) is 84.6 Å². The van der Waals surface area contributed by atoms with Crippen LogP contribution in [-0.4, -0.2) is 138 Å². The van der Waals surface area contributed by atoms with Gasteiger partial charge in [0.15, 0.2) is 0 Å². The molecule has 0 aliphatic carbocycles. The van der Waals surface area contributed by atoms with Gasteiger partial charge in [-0.15, -0.1) is 22.7 Å². The normalized spacial score (nSPS) is 20.9. The maximum Gasteiger partial charge on any atom is 0.220 e. The van der Waals surface area contributed by atoms with Crippen molar-refractivity contribution < 1.29 is 33.3 Å². The number of carbonyl (C=O) groups excluding carboxylic acids is 2. The summed E-state index contributed by atoms with van der Waals surface area (Å²) in [6.45, 7) is 15.1. The second-order valence-corrected chi connectivity index (χ2v) is 20.0. The van der Waals surface area contributed by atoms with Crippen molar-refractivity contribution in [2.45, 2.75) is 44.9 Å². The fraction of sp³-hybridized carbons (Fsp3) is 0.451. The molecule has 0 radical (unpaired) electrons. The maximum atomic E-state index is 11.7. The van der Waals surface area contributed by atoms with Gasteiger partial charge in [-0.2, -0.15) is 0 Å². The lowest BCUT2D eigenvalue weighted by Crippen LogP contribution is -2.56. The van der Waals surface area contributed by atoms with Crippen molar-refractivity contribution >= 4 is 66.3 Å². The van der Waals surface area contributed by atoms with E-state index in [4.69, 9.17) is 23.7 Å². The van der Waals surface area contributed by atoms with Crippen LogP contribution in [-0.2, 0) is 14.3 Å². The summed E-state index contributed by atoms with van der Waals surface area (Å²) in [6.07, 6.45) is 0.872. The van der Waals surface area contributed by atoms with E-state index in [1.807, 2.05) is 24.9 Å². The molecule has 6 aromatic rings. The van der Waals surface area contributed by atoms with Crippen LogP contribution in [0.1, 0.15) is 26.7 Å². The molecule has 3 N–H and O–H groups in total. The molecule has 7 heterocycles. The molecule has 5 aliphatic rings. The fourth-order valence-electron chi connectivity index (χ4n) is 9.80. The van der Waals surface area contributed by atoms with Crippen LogP contribution >= 0.6 is 22.7 Å². The molecular weight excluding hydrogens is 901 g/mol. The number of aromatic nitrogens is 2. The monoisotopic (exact) mass is 960 g/mol. The summed E-state index contributed by atoms with van der Waals surface area (Å²) >= 11 is 3.15. The minimum atomic E-state index is -0.0772. The van der Waals surface area contributed by atoms with Crippen molar-refractivity contribution in [3.8, 4) is 45.3 Å². The molecule has 5 fully saturated rings. The Hall–Kier alpha value is -5.72. The van der Waals surface area contributed by atoms with Gasteiger partial charge in [0.2, 0.25) is 11.8 Å². The number of benzene rings is 4. The number of thiazole rings is 2. The largest absolute Gasteiger partial charge is 0.495 e. The number of nitrogens with one attached hydrogen (secondary N) is 3. The van der Waals surface area contributed by atoms with Crippen LogP contribution in [0.25, 0.3) is 42.7 Å². The molecule has 2 aromatic heterocycles. The highest BCUT2D eigenvalue weighted by Gasteiger charge is 2.32. The number of amides is 2. The highest BCUT2D eigenvalue weighted by molar-refractivity contribution is 7.17. The van der Waals surface area contributed by atoms with Gasteiger partial charge in [0.25, 0.3) is 0 Å². The predicted molar refractivity (Wildman–Crippen MR) is 269 cm³/mol. The number of hydrogen-bond donors (Lipinski definition) is 3. The molecule has 0 bridgehead atoms. The predicted octanol–water partition coefficient (Wildman–Crippen LogP) is 6.68. The van der Waals surface area contributed by atoms with E-state index in [1.54, 1.807) is 36.9 Å². The van der Waals surface area contributed by atoms with Crippen LogP contribution in [0.2, 0.25) is 0 Å². The lowest BCUT2D eigenvalue weighted by Gasteiger charge is -2.43. The van der Waals surface area contributed by atoms with E-state index in [0.717, 1.165) is 143 Å². The van der Waals surface area contributed by atoms with Crippen molar-refractivity contribution in [2.75, 3.05) is 103 Å². The standard InChI is InChI=1S/C27H32N4O4S.C24H28N4O3S/c1-17(20-12-26(32)28-13-20)35-25-11-19(9-22-27(25)36-16-29-22)18-3-4-23(24(10-18)33-2)31-7-5-30(6-8-31)21-14-34-15-21;1-15(18-12-23(29)26-13-18)31-22-11-17(9-19-24(22)32-14-27-19)16-3-4-20(21(10-16)30-2)28-7-5-25-6-8-28/h3-4,9-11,16-17,20-21H,5-8,12-15H2,1-2H3,(H,28,32);3-4,9-11,14-15,18,25H,5-8,12-13H2,1-2H3,(H,26,29)/t17-,20-;15-,18-/m11/s1. The average molecular weight is 961 g/mol. The van der Waals surface area contributed by atoms with Gasteiger partial charge in [0.1, 0.15) is 35.2 Å². The van der Waals surface area contributed by atoms with Crippen molar-refractivity contribution in [1.29, 1.82) is 0 Å². The van der Waals surface area contributed by atoms with E-state index >= 15 is 0 Å². The summed E-state index contributed by atoms with van der Waals surface area (Å²) in [5.74, 6) is 3.91. The lowest BCUT2D eigenvalue weighted by molar-refractivity contribution is -0.120. The van der Waals surface area contributed by atoms with Crippen molar-refractivity contribution in [1.82, 2.24) is 30.8 Å². The molecule has 0 saturated carbocycles. The summed E-state index contributed by atoms with van der Waals surface area (Å²) in [4.78, 5) is 39.7. The Morgan fingerprint density at radius 3 is 1.51 bits per heavy atom. The SMILES string of the molecule is COc1cc(-c2cc(O[C@H](C)[C@H]3CNC(=O)C3)c3scnc3c2)ccc1N1CCN(C2COC2)CC1.COc1cc(-c2cc(O[C@H](C)[C@H]3CNC(=O)C3)c3scnc3c2)ccc1N1CCNCC1. The number of piperazine rings is 2. The number of rotatable bonds is 13. The van der Waals surface area contributed by atoms with Gasteiger partial charge in [-0.25, -0.2) is 9.97 Å². The summed E-state index contributed by atoms with van der Waals surface area (Å²) in [6, 6.07) is 21.8. The molecule has 0 spiro atoms. The maximum absolute atomic E-state index is 11.7. The second-order valence-electron chi connectivity index (χ2n) is 18.3. The molecule has 4 aromatic carbocycles. The molecular formula is C51H60N8O7S2. The zero-order valence-electron chi connectivity index (χ0n) is 39.1. The molecule has 15 nitrogen and oxygen atoms in total. The number of fused-ring (bicyclic) bond motifs is 2. The van der Waals surface area contributed by atoms with E-state index < -0.39 is 0 Å². The van der Waals surface area contributed by atoms with Crippen LogP contribution in [0.3, 0.4) is 0 Å². The fourth-order valence-corrected chi connectivity index (χ4v) is 11.3. The Balaban J connectivity index is 0.000000160. The molecule has 68 heavy (non-hydrogen) atoms. The number of methoxy groups -OCH3 is 2. The average Bonchev–Trinajstić information content (AvgIpc) is 4.20. The van der Waals surface area contributed by atoms with E-state index in [0.29, 0.717) is 32.0 Å². The minimum absolute atomic E-state index is 0.0703. The first-order valence-electron chi connectivity index (χ1n) is 23.7. The summed E-state index contributed by atoms with van der Waals surface area (Å²) in [5.41, 5.74) is 12.0. The Bertz CT molecular complexity index is 2750. The molecule has 5 aliphatic heterocycles. The summed E-state index contributed by atoms with van der Waals surface area (Å²) in [7, 11) is 3.46. The Labute approximate surface area is 405 Å². The highest BCUT2D eigenvalue weighted by atomic mass is 32.1. The Kier molecular flexibility index (Phi) is 13.9. The van der Waals surface area contributed by atoms with Crippen LogP contribution in [0.15, 0.2) is 71.7 Å². The van der Waals surface area contributed by atoms with Gasteiger partial charge in [-0.1, -0.05) is 12.1 Å². The van der Waals surface area contributed by atoms with Gasteiger partial charge in [-0.3, -0.25) is 14.5 Å². The molecule has 4 atom stereocenters.